The highest BCUT2D eigenvalue weighted by Crippen LogP contribution is 2.27. The van der Waals surface area contributed by atoms with Crippen molar-refractivity contribution >= 4 is 46.9 Å². The summed E-state index contributed by atoms with van der Waals surface area (Å²) in [5, 5.41) is 3.84. The van der Waals surface area contributed by atoms with Crippen LogP contribution in [0.5, 0.6) is 0 Å². The van der Waals surface area contributed by atoms with Crippen LogP contribution < -0.4 is 16.4 Å². The Morgan fingerprint density at radius 1 is 1.50 bits per heavy atom. The van der Waals surface area contributed by atoms with Crippen LogP contribution in [0.3, 0.4) is 0 Å². The van der Waals surface area contributed by atoms with E-state index in [-0.39, 0.29) is 12.2 Å². The molecule has 0 spiro atoms. The number of carbonyl (C=O) groups is 3. The lowest BCUT2D eigenvalue weighted by Gasteiger charge is -2.08. The number of amides is 3. The first-order chi connectivity index (χ1) is 9.35. The summed E-state index contributed by atoms with van der Waals surface area (Å²) < 4.78 is 4.61. The van der Waals surface area contributed by atoms with Crippen molar-refractivity contribution in [2.45, 2.75) is 19.2 Å². The minimum Gasteiger partial charge on any atom is -0.450 e. The van der Waals surface area contributed by atoms with E-state index in [1.54, 1.807) is 19.9 Å². The molecule has 0 saturated carbocycles. The van der Waals surface area contributed by atoms with Crippen LogP contribution in [0, 0.1) is 6.92 Å². The Morgan fingerprint density at radius 3 is 2.70 bits per heavy atom. The molecule has 0 radical (unpaired) electrons. The van der Waals surface area contributed by atoms with Crippen molar-refractivity contribution in [2.75, 3.05) is 11.9 Å². The monoisotopic (exact) mass is 317 g/mol. The van der Waals surface area contributed by atoms with Crippen LogP contribution in [0.4, 0.5) is 9.80 Å². The molecule has 0 aliphatic rings. The lowest BCUT2D eigenvalue weighted by Crippen LogP contribution is -2.33. The average molecular weight is 317 g/mol. The summed E-state index contributed by atoms with van der Waals surface area (Å²) in [7, 11) is 0. The number of ether oxygens (including phenoxy) is 1. The second kappa shape index (κ2) is 7.27. The third-order valence-electron chi connectivity index (χ3n) is 2.10. The zero-order valence-corrected chi connectivity index (χ0v) is 12.6. The fourth-order valence-electron chi connectivity index (χ4n) is 1.29. The number of alkyl carbamates (subject to hydrolysis) is 1. The first-order valence-corrected chi connectivity index (χ1v) is 7.01. The van der Waals surface area contributed by atoms with Crippen molar-refractivity contribution < 1.29 is 19.1 Å². The SMILES string of the molecule is CCOC(=O)NC(=O)c1cc(C)sc1NC(=O)C(N)S. The maximum Gasteiger partial charge on any atom is 0.414 e. The third-order valence-corrected chi connectivity index (χ3v) is 3.30. The molecule has 0 aliphatic heterocycles. The maximum absolute atomic E-state index is 11.9. The van der Waals surface area contributed by atoms with Gasteiger partial charge in [0.15, 0.2) is 0 Å². The van der Waals surface area contributed by atoms with E-state index < -0.39 is 23.3 Å². The number of nitrogens with two attached hydrogens (primary N) is 1. The van der Waals surface area contributed by atoms with Gasteiger partial charge < -0.3 is 15.8 Å². The van der Waals surface area contributed by atoms with Crippen molar-refractivity contribution in [2.24, 2.45) is 5.73 Å². The maximum atomic E-state index is 11.9. The molecule has 110 valence electrons. The van der Waals surface area contributed by atoms with Crippen molar-refractivity contribution in [3.05, 3.63) is 16.5 Å². The van der Waals surface area contributed by atoms with E-state index in [4.69, 9.17) is 5.73 Å². The Kier molecular flexibility index (Phi) is 5.99. The van der Waals surface area contributed by atoms with Crippen LogP contribution in [0.15, 0.2) is 6.07 Å². The number of thiol groups is 1. The van der Waals surface area contributed by atoms with Gasteiger partial charge in [-0.05, 0) is 19.9 Å². The molecule has 1 unspecified atom stereocenters. The fraction of sp³-hybridized carbons (Fsp3) is 0.364. The molecule has 9 heteroatoms. The van der Waals surface area contributed by atoms with Crippen LogP contribution >= 0.6 is 24.0 Å². The molecule has 0 fully saturated rings. The molecule has 1 heterocycles. The Morgan fingerprint density at radius 2 is 2.15 bits per heavy atom. The summed E-state index contributed by atoms with van der Waals surface area (Å²) in [5.74, 6) is -1.20. The van der Waals surface area contributed by atoms with E-state index in [1.165, 1.54) is 11.3 Å². The van der Waals surface area contributed by atoms with Gasteiger partial charge in [0.2, 0.25) is 0 Å². The number of hydrogen-bond donors (Lipinski definition) is 4. The van der Waals surface area contributed by atoms with Crippen LogP contribution in [-0.2, 0) is 9.53 Å². The van der Waals surface area contributed by atoms with E-state index in [1.807, 2.05) is 0 Å². The number of aryl methyl sites for hydroxylation is 1. The van der Waals surface area contributed by atoms with Gasteiger partial charge in [0.1, 0.15) is 10.4 Å². The zero-order chi connectivity index (χ0) is 15.3. The summed E-state index contributed by atoms with van der Waals surface area (Å²) in [4.78, 5) is 35.4. The number of hydrogen-bond acceptors (Lipinski definition) is 7. The van der Waals surface area contributed by atoms with Crippen LogP contribution in [-0.4, -0.2) is 29.9 Å². The number of carbonyl (C=O) groups excluding carboxylic acids is 3. The molecule has 1 atom stereocenters. The van der Waals surface area contributed by atoms with Crippen molar-refractivity contribution in [1.82, 2.24) is 5.32 Å². The molecule has 20 heavy (non-hydrogen) atoms. The van der Waals surface area contributed by atoms with Crippen molar-refractivity contribution in [3.8, 4) is 0 Å². The van der Waals surface area contributed by atoms with Gasteiger partial charge in [-0.15, -0.1) is 11.3 Å². The van der Waals surface area contributed by atoms with Gasteiger partial charge in [-0.3, -0.25) is 14.9 Å². The quantitative estimate of drug-likeness (QED) is 0.491. The van der Waals surface area contributed by atoms with Gasteiger partial charge >= 0.3 is 6.09 Å². The van der Waals surface area contributed by atoms with E-state index in [9.17, 15) is 14.4 Å². The first kappa shape index (κ1) is 16.5. The number of rotatable bonds is 4. The van der Waals surface area contributed by atoms with Crippen LogP contribution in [0.2, 0.25) is 0 Å². The molecule has 7 nitrogen and oxygen atoms in total. The standard InChI is InChI=1S/C11H15N3O4S2/c1-3-18-11(17)14-8(15)6-4-5(2)20-10(6)13-9(16)7(12)19/h4,7,19H,3,12H2,1-2H3,(H,13,16)(H,14,15,17). The Balaban J connectivity index is 2.86. The lowest BCUT2D eigenvalue weighted by molar-refractivity contribution is -0.115. The molecule has 0 aliphatic carbocycles. The Hall–Kier alpha value is -1.58. The summed E-state index contributed by atoms with van der Waals surface area (Å²) in [6.07, 6.45) is -0.843. The predicted molar refractivity (Wildman–Crippen MR) is 79.1 cm³/mol. The second-order valence-corrected chi connectivity index (χ2v) is 5.52. The van der Waals surface area contributed by atoms with E-state index in [0.717, 1.165) is 4.88 Å². The highest BCUT2D eigenvalue weighted by molar-refractivity contribution is 7.81. The number of thiophene rings is 1. The first-order valence-electron chi connectivity index (χ1n) is 5.68. The molecule has 1 aromatic rings. The summed E-state index contributed by atoms with van der Waals surface area (Å²) >= 11 is 4.99. The molecule has 3 amide bonds. The molecule has 1 aromatic heterocycles. The molecular weight excluding hydrogens is 302 g/mol. The molecule has 1 rings (SSSR count). The van der Waals surface area contributed by atoms with Crippen molar-refractivity contribution in [1.29, 1.82) is 0 Å². The average Bonchev–Trinajstić information content (AvgIpc) is 2.70. The third kappa shape index (κ3) is 4.51. The molecule has 0 aromatic carbocycles. The predicted octanol–water partition coefficient (Wildman–Crippen LogP) is 1.10. The van der Waals surface area contributed by atoms with Gasteiger partial charge in [-0.1, -0.05) is 0 Å². The van der Waals surface area contributed by atoms with Gasteiger partial charge in [-0.2, -0.15) is 12.6 Å². The zero-order valence-electron chi connectivity index (χ0n) is 10.9. The van der Waals surface area contributed by atoms with E-state index in [2.05, 4.69) is 28.0 Å². The molecule has 0 bridgehead atoms. The molecular formula is C11H15N3O4S2. The highest BCUT2D eigenvalue weighted by Gasteiger charge is 2.20. The minimum atomic E-state index is -1.00. The lowest BCUT2D eigenvalue weighted by atomic mass is 10.2. The molecule has 0 saturated heterocycles. The highest BCUT2D eigenvalue weighted by atomic mass is 32.1. The topological polar surface area (TPSA) is 111 Å². The number of anilines is 1. The Bertz CT molecular complexity index is 528. The van der Waals surface area contributed by atoms with Gasteiger partial charge in [0.05, 0.1) is 12.2 Å². The van der Waals surface area contributed by atoms with Gasteiger partial charge in [0.25, 0.3) is 11.8 Å². The minimum absolute atomic E-state index is 0.153. The second-order valence-electron chi connectivity index (χ2n) is 3.71. The van der Waals surface area contributed by atoms with E-state index >= 15 is 0 Å². The van der Waals surface area contributed by atoms with E-state index in [0.29, 0.717) is 5.00 Å². The Labute approximate surface area is 125 Å². The normalized spacial score (nSPS) is 11.6. The van der Waals surface area contributed by atoms with Gasteiger partial charge in [0, 0.05) is 4.88 Å². The van der Waals surface area contributed by atoms with Crippen LogP contribution in [0.1, 0.15) is 22.2 Å². The largest absolute Gasteiger partial charge is 0.450 e. The smallest absolute Gasteiger partial charge is 0.414 e. The number of nitrogens with one attached hydrogen (secondary N) is 2. The fourth-order valence-corrected chi connectivity index (χ4v) is 2.27. The number of imide groups is 1. The summed E-state index contributed by atoms with van der Waals surface area (Å²) in [6.45, 7) is 3.54. The van der Waals surface area contributed by atoms with Gasteiger partial charge in [-0.25, -0.2) is 4.79 Å². The summed E-state index contributed by atoms with van der Waals surface area (Å²) in [6, 6.07) is 1.55. The van der Waals surface area contributed by atoms with Crippen LogP contribution in [0.25, 0.3) is 0 Å². The summed E-state index contributed by atoms with van der Waals surface area (Å²) in [5.41, 5.74) is 5.49. The molecule has 4 N–H and O–H groups in total. The van der Waals surface area contributed by atoms with Crippen molar-refractivity contribution in [3.63, 3.8) is 0 Å².